The van der Waals surface area contributed by atoms with Crippen LogP contribution >= 0.6 is 0 Å². The summed E-state index contributed by atoms with van der Waals surface area (Å²) in [6.07, 6.45) is 0.459. The molecule has 0 aliphatic carbocycles. The van der Waals surface area contributed by atoms with Crippen LogP contribution in [0.1, 0.15) is 28.6 Å². The molecule has 0 radical (unpaired) electrons. The molecule has 1 atom stereocenters. The monoisotopic (exact) mass is 280 g/mol. The van der Waals surface area contributed by atoms with Gasteiger partial charge in [-0.25, -0.2) is 8.78 Å². The molecule has 1 aromatic carbocycles. The van der Waals surface area contributed by atoms with E-state index in [0.717, 1.165) is 23.0 Å². The molecule has 4 nitrogen and oxygen atoms in total. The van der Waals surface area contributed by atoms with Crippen LogP contribution in [0.2, 0.25) is 0 Å². The summed E-state index contributed by atoms with van der Waals surface area (Å²) in [6.45, 7) is 3.85. The normalized spacial score (nSPS) is 12.7. The molecule has 2 aromatic rings. The van der Waals surface area contributed by atoms with Crippen LogP contribution in [0, 0.1) is 25.5 Å². The van der Waals surface area contributed by atoms with Crippen molar-refractivity contribution >= 4 is 0 Å². The minimum Gasteiger partial charge on any atom is -0.272 e. The first-order valence-electron chi connectivity index (χ1n) is 6.34. The minimum absolute atomic E-state index is 0.200. The second-order valence-corrected chi connectivity index (χ2v) is 4.88. The number of benzene rings is 1. The molecule has 0 bridgehead atoms. The van der Waals surface area contributed by atoms with E-state index in [0.29, 0.717) is 12.0 Å². The number of nitrogens with one attached hydrogen (secondary N) is 1. The second kappa shape index (κ2) is 5.68. The summed E-state index contributed by atoms with van der Waals surface area (Å²) >= 11 is 0. The maximum absolute atomic E-state index is 13.3. The lowest BCUT2D eigenvalue weighted by Gasteiger charge is -2.17. The van der Waals surface area contributed by atoms with Crippen molar-refractivity contribution in [1.29, 1.82) is 0 Å². The number of hydrazine groups is 1. The predicted octanol–water partition coefficient (Wildman–Crippen LogP) is 2.06. The number of halogens is 2. The van der Waals surface area contributed by atoms with Crippen LogP contribution in [0.25, 0.3) is 0 Å². The number of aryl methyl sites for hydroxylation is 2. The minimum atomic E-state index is -0.849. The Labute approximate surface area is 116 Å². The van der Waals surface area contributed by atoms with Crippen LogP contribution in [0.15, 0.2) is 18.2 Å². The molecular weight excluding hydrogens is 262 g/mol. The average molecular weight is 280 g/mol. The van der Waals surface area contributed by atoms with Crippen molar-refractivity contribution in [3.63, 3.8) is 0 Å². The summed E-state index contributed by atoms with van der Waals surface area (Å²) in [5.74, 6) is 3.92. The highest BCUT2D eigenvalue weighted by Crippen LogP contribution is 2.24. The van der Waals surface area contributed by atoms with Gasteiger partial charge in [0.05, 0.1) is 11.7 Å². The summed E-state index contributed by atoms with van der Waals surface area (Å²) in [5.41, 5.74) is 6.25. The highest BCUT2D eigenvalue weighted by atomic mass is 19.2. The smallest absolute Gasteiger partial charge is 0.159 e. The van der Waals surface area contributed by atoms with Crippen molar-refractivity contribution in [2.45, 2.75) is 26.3 Å². The molecule has 6 heteroatoms. The van der Waals surface area contributed by atoms with Gasteiger partial charge < -0.3 is 0 Å². The van der Waals surface area contributed by atoms with Crippen molar-refractivity contribution in [3.05, 3.63) is 52.3 Å². The van der Waals surface area contributed by atoms with Gasteiger partial charge in [0.15, 0.2) is 11.6 Å². The molecule has 0 saturated heterocycles. The van der Waals surface area contributed by atoms with E-state index in [4.69, 9.17) is 5.84 Å². The maximum atomic E-state index is 13.3. The van der Waals surface area contributed by atoms with E-state index in [-0.39, 0.29) is 6.04 Å². The van der Waals surface area contributed by atoms with Crippen molar-refractivity contribution in [2.24, 2.45) is 12.9 Å². The van der Waals surface area contributed by atoms with Gasteiger partial charge in [0.2, 0.25) is 0 Å². The zero-order chi connectivity index (χ0) is 14.9. The average Bonchev–Trinajstić information content (AvgIpc) is 2.65. The van der Waals surface area contributed by atoms with Crippen LogP contribution < -0.4 is 11.3 Å². The van der Waals surface area contributed by atoms with Gasteiger partial charge in [0.25, 0.3) is 0 Å². The molecule has 1 heterocycles. The second-order valence-electron chi connectivity index (χ2n) is 4.88. The Hall–Kier alpha value is -1.79. The third-order valence-electron chi connectivity index (χ3n) is 3.54. The molecule has 1 aromatic heterocycles. The lowest BCUT2D eigenvalue weighted by Crippen LogP contribution is -2.30. The van der Waals surface area contributed by atoms with E-state index in [1.54, 1.807) is 10.7 Å². The molecular formula is C14H18F2N4. The third-order valence-corrected chi connectivity index (χ3v) is 3.54. The zero-order valence-electron chi connectivity index (χ0n) is 11.7. The summed E-state index contributed by atoms with van der Waals surface area (Å²) < 4.78 is 28.0. The molecule has 1 unspecified atom stereocenters. The highest BCUT2D eigenvalue weighted by molar-refractivity contribution is 5.30. The van der Waals surface area contributed by atoms with Crippen LogP contribution in [-0.2, 0) is 13.5 Å². The first kappa shape index (κ1) is 14.6. The highest BCUT2D eigenvalue weighted by Gasteiger charge is 2.20. The number of nitrogens with zero attached hydrogens (tertiary/aromatic N) is 2. The van der Waals surface area contributed by atoms with E-state index in [2.05, 4.69) is 10.5 Å². The fourth-order valence-electron chi connectivity index (χ4n) is 2.44. The van der Waals surface area contributed by atoms with E-state index in [9.17, 15) is 8.78 Å². The van der Waals surface area contributed by atoms with Gasteiger partial charge in [-0.15, -0.1) is 0 Å². The summed E-state index contributed by atoms with van der Waals surface area (Å²) in [4.78, 5) is 0. The van der Waals surface area contributed by atoms with Crippen LogP contribution in [0.5, 0.6) is 0 Å². The summed E-state index contributed by atoms with van der Waals surface area (Å²) in [5, 5.41) is 4.34. The predicted molar refractivity (Wildman–Crippen MR) is 72.8 cm³/mol. The molecule has 0 saturated carbocycles. The molecule has 20 heavy (non-hydrogen) atoms. The first-order valence-corrected chi connectivity index (χ1v) is 6.34. The number of hydrogen-bond donors (Lipinski definition) is 2. The quantitative estimate of drug-likeness (QED) is 0.666. The van der Waals surface area contributed by atoms with Crippen molar-refractivity contribution in [2.75, 3.05) is 0 Å². The Morgan fingerprint density at radius 1 is 1.30 bits per heavy atom. The largest absolute Gasteiger partial charge is 0.272 e. The van der Waals surface area contributed by atoms with E-state index in [1.807, 2.05) is 20.9 Å². The lowest BCUT2D eigenvalue weighted by molar-refractivity contribution is 0.502. The van der Waals surface area contributed by atoms with Gasteiger partial charge in [0, 0.05) is 18.3 Å². The molecule has 108 valence electrons. The van der Waals surface area contributed by atoms with Crippen LogP contribution in [0.3, 0.4) is 0 Å². The Morgan fingerprint density at radius 3 is 2.50 bits per heavy atom. The van der Waals surface area contributed by atoms with Crippen LogP contribution in [-0.4, -0.2) is 9.78 Å². The molecule has 3 N–H and O–H groups in total. The number of nitrogens with two attached hydrogens (primary N) is 1. The van der Waals surface area contributed by atoms with Crippen molar-refractivity contribution in [3.8, 4) is 0 Å². The number of rotatable bonds is 4. The molecule has 2 rings (SSSR count). The molecule has 0 aliphatic heterocycles. The van der Waals surface area contributed by atoms with E-state index >= 15 is 0 Å². The Balaban J connectivity index is 2.31. The maximum Gasteiger partial charge on any atom is 0.159 e. The van der Waals surface area contributed by atoms with Gasteiger partial charge in [0.1, 0.15) is 0 Å². The summed E-state index contributed by atoms with van der Waals surface area (Å²) in [7, 11) is 1.86. The lowest BCUT2D eigenvalue weighted by atomic mass is 9.98. The van der Waals surface area contributed by atoms with Gasteiger partial charge in [-0.05, 0) is 38.0 Å². The fraction of sp³-hybridized carbons (Fsp3) is 0.357. The van der Waals surface area contributed by atoms with Crippen LogP contribution in [0.4, 0.5) is 8.78 Å². The van der Waals surface area contributed by atoms with Gasteiger partial charge >= 0.3 is 0 Å². The molecule has 0 aliphatic rings. The van der Waals surface area contributed by atoms with Crippen molar-refractivity contribution in [1.82, 2.24) is 15.2 Å². The topological polar surface area (TPSA) is 55.9 Å². The SMILES string of the molecule is Cc1nn(C)c(C)c1C(Cc1ccc(F)c(F)c1)NN. The van der Waals surface area contributed by atoms with Gasteiger partial charge in [-0.2, -0.15) is 5.10 Å². The number of aromatic nitrogens is 2. The standard InChI is InChI=1S/C14H18F2N4/c1-8-14(9(2)20(3)19-8)13(18-17)7-10-4-5-11(15)12(16)6-10/h4-6,13,18H,7,17H2,1-3H3. The molecule has 0 amide bonds. The van der Waals surface area contributed by atoms with Gasteiger partial charge in [-0.1, -0.05) is 6.07 Å². The molecule has 0 spiro atoms. The first-order chi connectivity index (χ1) is 9.43. The van der Waals surface area contributed by atoms with E-state index < -0.39 is 11.6 Å². The fourth-order valence-corrected chi connectivity index (χ4v) is 2.44. The Kier molecular flexibility index (Phi) is 4.15. The zero-order valence-corrected chi connectivity index (χ0v) is 11.7. The molecule has 0 fully saturated rings. The van der Waals surface area contributed by atoms with Crippen molar-refractivity contribution < 1.29 is 8.78 Å². The number of hydrogen-bond acceptors (Lipinski definition) is 3. The Bertz CT molecular complexity index is 622. The third kappa shape index (κ3) is 2.71. The van der Waals surface area contributed by atoms with Gasteiger partial charge in [-0.3, -0.25) is 16.0 Å². The Morgan fingerprint density at radius 2 is 2.00 bits per heavy atom. The van der Waals surface area contributed by atoms with E-state index in [1.165, 1.54) is 6.07 Å². The summed E-state index contributed by atoms with van der Waals surface area (Å²) in [6, 6.07) is 3.68.